The number of benzene rings is 2. The Kier molecular flexibility index (Phi) is 5.16. The molecule has 8 nitrogen and oxygen atoms in total. The van der Waals surface area contributed by atoms with E-state index in [1.54, 1.807) is 18.3 Å². The first-order valence-electron chi connectivity index (χ1n) is 11.1. The molecule has 35 heavy (non-hydrogen) atoms. The fraction of sp³-hybridized carbons (Fsp3) is 0.160. The highest BCUT2D eigenvalue weighted by Crippen LogP contribution is 2.28. The summed E-state index contributed by atoms with van der Waals surface area (Å²) < 4.78 is 15.6. The van der Waals surface area contributed by atoms with Gasteiger partial charge in [0.2, 0.25) is 5.95 Å². The van der Waals surface area contributed by atoms with Crippen LogP contribution in [0.4, 0.5) is 16.2 Å². The van der Waals surface area contributed by atoms with E-state index in [0.717, 1.165) is 17.9 Å². The van der Waals surface area contributed by atoms with Gasteiger partial charge in [-0.1, -0.05) is 23.7 Å². The van der Waals surface area contributed by atoms with Crippen molar-refractivity contribution in [2.45, 2.75) is 12.5 Å². The maximum atomic E-state index is 13.8. The van der Waals surface area contributed by atoms with Crippen LogP contribution in [0.5, 0.6) is 0 Å². The lowest BCUT2D eigenvalue weighted by atomic mass is 10.1. The Bertz CT molecular complexity index is 1580. The summed E-state index contributed by atoms with van der Waals surface area (Å²) in [7, 11) is 0. The third kappa shape index (κ3) is 4.09. The van der Waals surface area contributed by atoms with Gasteiger partial charge in [0, 0.05) is 24.3 Å². The summed E-state index contributed by atoms with van der Waals surface area (Å²) in [5, 5.41) is 13.0. The molecule has 0 spiro atoms. The number of amides is 1. The van der Waals surface area contributed by atoms with Gasteiger partial charge in [0.1, 0.15) is 23.0 Å². The van der Waals surface area contributed by atoms with Gasteiger partial charge in [-0.2, -0.15) is 0 Å². The summed E-state index contributed by atoms with van der Waals surface area (Å²) in [6.07, 6.45) is 2.03. The lowest BCUT2D eigenvalue weighted by Gasteiger charge is -2.18. The predicted molar refractivity (Wildman–Crippen MR) is 132 cm³/mol. The standard InChI is InChI=1S/C25H20ClFN6O2/c26-16-8-15(9-17(27)11-16)14-4-5-19-20(10-14)30-25(29-19)31-24(35)21-13-33-22(28-21)2-1-3-23(33)32-7-6-18(34)12-32/h1-5,8-11,13,18,34H,6-7,12H2,(H2,29,30,31,35)/t18-/m0/s1. The number of aliphatic hydroxyl groups is 1. The molecular weight excluding hydrogens is 471 g/mol. The van der Waals surface area contributed by atoms with Crippen molar-refractivity contribution in [3.63, 3.8) is 0 Å². The largest absolute Gasteiger partial charge is 0.391 e. The number of rotatable bonds is 4. The number of imidazole rings is 2. The Labute approximate surface area is 204 Å². The van der Waals surface area contributed by atoms with E-state index in [2.05, 4.69) is 25.2 Å². The molecule has 0 bridgehead atoms. The van der Waals surface area contributed by atoms with Crippen LogP contribution in [0, 0.1) is 5.82 Å². The van der Waals surface area contributed by atoms with Crippen molar-refractivity contribution in [2.75, 3.05) is 23.3 Å². The van der Waals surface area contributed by atoms with E-state index in [1.807, 2.05) is 34.7 Å². The van der Waals surface area contributed by atoms with Gasteiger partial charge in [-0.05, 0) is 60.0 Å². The summed E-state index contributed by atoms with van der Waals surface area (Å²) in [6, 6.07) is 15.4. The molecule has 1 amide bonds. The molecule has 0 saturated carbocycles. The second-order valence-corrected chi connectivity index (χ2v) is 8.99. The highest BCUT2D eigenvalue weighted by atomic mass is 35.5. The van der Waals surface area contributed by atoms with E-state index in [9.17, 15) is 14.3 Å². The molecule has 1 fully saturated rings. The Morgan fingerprint density at radius 2 is 2.03 bits per heavy atom. The lowest BCUT2D eigenvalue weighted by Crippen LogP contribution is -2.23. The maximum Gasteiger partial charge on any atom is 0.278 e. The number of aromatic nitrogens is 4. The minimum absolute atomic E-state index is 0.243. The number of nitrogens with zero attached hydrogens (tertiary/aromatic N) is 4. The van der Waals surface area contributed by atoms with Crippen molar-refractivity contribution in [3.8, 4) is 11.1 Å². The number of aliphatic hydroxyl groups excluding tert-OH is 1. The normalized spacial score (nSPS) is 15.9. The van der Waals surface area contributed by atoms with Crippen molar-refractivity contribution in [3.05, 3.63) is 77.3 Å². The van der Waals surface area contributed by atoms with Gasteiger partial charge in [-0.25, -0.2) is 14.4 Å². The average molecular weight is 491 g/mol. The molecule has 176 valence electrons. The van der Waals surface area contributed by atoms with Crippen LogP contribution in [-0.2, 0) is 0 Å². The molecule has 1 saturated heterocycles. The summed E-state index contributed by atoms with van der Waals surface area (Å²) in [4.78, 5) is 27.0. The maximum absolute atomic E-state index is 13.8. The Hall–Kier alpha value is -3.95. The molecule has 2 aromatic carbocycles. The number of carbonyl (C=O) groups is 1. The van der Waals surface area contributed by atoms with Gasteiger partial charge >= 0.3 is 0 Å². The van der Waals surface area contributed by atoms with Crippen molar-refractivity contribution in [2.24, 2.45) is 0 Å². The zero-order valence-electron chi connectivity index (χ0n) is 18.4. The highest BCUT2D eigenvalue weighted by Gasteiger charge is 2.23. The number of H-pyrrole nitrogens is 1. The molecule has 4 heterocycles. The zero-order valence-corrected chi connectivity index (χ0v) is 19.1. The van der Waals surface area contributed by atoms with Crippen LogP contribution in [0.15, 0.2) is 60.8 Å². The third-order valence-corrected chi connectivity index (χ3v) is 6.32. The van der Waals surface area contributed by atoms with Crippen LogP contribution in [0.3, 0.4) is 0 Å². The van der Waals surface area contributed by atoms with Gasteiger partial charge in [-0.15, -0.1) is 0 Å². The van der Waals surface area contributed by atoms with Crippen LogP contribution in [-0.4, -0.2) is 49.6 Å². The molecule has 1 atom stereocenters. The number of β-amino-alcohol motifs (C(OH)–C–C–N with tert-alkyl or cyclic N) is 1. The number of carbonyl (C=O) groups excluding carboxylic acids is 1. The van der Waals surface area contributed by atoms with Crippen molar-refractivity contribution in [1.29, 1.82) is 0 Å². The molecule has 6 rings (SSSR count). The van der Waals surface area contributed by atoms with E-state index in [-0.39, 0.29) is 17.7 Å². The molecule has 3 N–H and O–H groups in total. The minimum atomic E-state index is -0.415. The second-order valence-electron chi connectivity index (χ2n) is 8.56. The van der Waals surface area contributed by atoms with Crippen LogP contribution >= 0.6 is 11.6 Å². The number of fused-ring (bicyclic) bond motifs is 2. The summed E-state index contributed by atoms with van der Waals surface area (Å²) >= 11 is 5.99. The molecule has 0 unspecified atom stereocenters. The third-order valence-electron chi connectivity index (χ3n) is 6.10. The predicted octanol–water partition coefficient (Wildman–Crippen LogP) is 4.49. The number of anilines is 2. The first kappa shape index (κ1) is 21.6. The molecule has 1 aliphatic heterocycles. The minimum Gasteiger partial charge on any atom is -0.391 e. The second kappa shape index (κ2) is 8.37. The Morgan fingerprint density at radius 1 is 1.14 bits per heavy atom. The van der Waals surface area contributed by atoms with Crippen LogP contribution < -0.4 is 10.2 Å². The molecule has 3 aromatic heterocycles. The van der Waals surface area contributed by atoms with E-state index in [0.29, 0.717) is 40.2 Å². The van der Waals surface area contributed by atoms with Crippen LogP contribution in [0.25, 0.3) is 27.8 Å². The zero-order chi connectivity index (χ0) is 24.1. The molecule has 10 heteroatoms. The monoisotopic (exact) mass is 490 g/mol. The molecule has 1 aliphatic rings. The number of halogens is 2. The van der Waals surface area contributed by atoms with Gasteiger partial charge in [0.15, 0.2) is 0 Å². The van der Waals surface area contributed by atoms with Gasteiger partial charge in [0.05, 0.1) is 17.1 Å². The Morgan fingerprint density at radius 3 is 2.83 bits per heavy atom. The van der Waals surface area contributed by atoms with E-state index in [4.69, 9.17) is 11.6 Å². The fourth-order valence-electron chi connectivity index (χ4n) is 4.45. The first-order valence-corrected chi connectivity index (χ1v) is 11.5. The van der Waals surface area contributed by atoms with Crippen LogP contribution in [0.1, 0.15) is 16.9 Å². The van der Waals surface area contributed by atoms with Crippen molar-refractivity contribution >= 4 is 46.0 Å². The number of nitrogens with one attached hydrogen (secondary N) is 2. The molecular formula is C25H20ClFN6O2. The highest BCUT2D eigenvalue weighted by molar-refractivity contribution is 6.30. The van der Waals surface area contributed by atoms with E-state index < -0.39 is 11.7 Å². The Balaban J connectivity index is 1.26. The van der Waals surface area contributed by atoms with Crippen LogP contribution in [0.2, 0.25) is 5.02 Å². The number of pyridine rings is 1. The number of aromatic amines is 1. The van der Waals surface area contributed by atoms with E-state index in [1.165, 1.54) is 12.1 Å². The van der Waals surface area contributed by atoms with Gasteiger partial charge < -0.3 is 15.0 Å². The van der Waals surface area contributed by atoms with Crippen molar-refractivity contribution < 1.29 is 14.3 Å². The molecule has 5 aromatic rings. The van der Waals surface area contributed by atoms with Gasteiger partial charge in [0.25, 0.3) is 5.91 Å². The number of hydrogen-bond acceptors (Lipinski definition) is 5. The topological polar surface area (TPSA) is 98.5 Å². The van der Waals surface area contributed by atoms with E-state index >= 15 is 0 Å². The number of hydrogen-bond donors (Lipinski definition) is 3. The fourth-order valence-corrected chi connectivity index (χ4v) is 4.68. The molecule has 0 aliphatic carbocycles. The summed E-state index contributed by atoms with van der Waals surface area (Å²) in [5.41, 5.74) is 3.62. The van der Waals surface area contributed by atoms with Gasteiger partial charge in [-0.3, -0.25) is 14.5 Å². The first-order chi connectivity index (χ1) is 16.9. The average Bonchev–Trinajstić information content (AvgIpc) is 3.55. The summed E-state index contributed by atoms with van der Waals surface area (Å²) in [6.45, 7) is 1.28. The lowest BCUT2D eigenvalue weighted by molar-refractivity contribution is 0.102. The summed E-state index contributed by atoms with van der Waals surface area (Å²) in [5.74, 6) is 0.331. The quantitative estimate of drug-likeness (QED) is 0.345. The molecule has 0 radical (unpaired) electrons. The smallest absolute Gasteiger partial charge is 0.278 e. The SMILES string of the molecule is O=C(Nc1nc2ccc(-c3cc(F)cc(Cl)c3)cc2[nH]1)c1cn2c(N3CC[C@H](O)C3)cccc2n1. The van der Waals surface area contributed by atoms with Crippen molar-refractivity contribution in [1.82, 2.24) is 19.4 Å².